The summed E-state index contributed by atoms with van der Waals surface area (Å²) in [6.07, 6.45) is 1.21. The van der Waals surface area contributed by atoms with Gasteiger partial charge in [-0.25, -0.2) is 0 Å². The molecular formula is C17H21NO3. The Balaban J connectivity index is 2.30. The van der Waals surface area contributed by atoms with E-state index < -0.39 is 18.0 Å². The molecule has 0 bridgehead atoms. The second-order valence-electron chi connectivity index (χ2n) is 5.44. The summed E-state index contributed by atoms with van der Waals surface area (Å²) in [4.78, 5) is 15.8. The first kappa shape index (κ1) is 15.4. The highest BCUT2D eigenvalue weighted by Gasteiger charge is 2.27. The Hall–Kier alpha value is -1.94. The number of aliphatic hydroxyl groups is 1. The van der Waals surface area contributed by atoms with Crippen LogP contribution in [0.2, 0.25) is 0 Å². The number of unbranched alkanes of at least 4 members (excludes halogenated alkanes) is 1. The van der Waals surface area contributed by atoms with Gasteiger partial charge in [-0.2, -0.15) is 0 Å². The normalized spacial score (nSPS) is 14.0. The van der Waals surface area contributed by atoms with Gasteiger partial charge in [-0.05, 0) is 37.1 Å². The highest BCUT2D eigenvalue weighted by molar-refractivity contribution is 5.80. The van der Waals surface area contributed by atoms with Crippen molar-refractivity contribution in [3.05, 3.63) is 41.6 Å². The predicted molar refractivity (Wildman–Crippen MR) is 82.1 cm³/mol. The molecule has 0 aliphatic rings. The molecule has 0 spiro atoms. The quantitative estimate of drug-likeness (QED) is 0.853. The zero-order valence-electron chi connectivity index (χ0n) is 12.4. The minimum atomic E-state index is -0.986. The zero-order valence-corrected chi connectivity index (χ0v) is 12.4. The van der Waals surface area contributed by atoms with Crippen molar-refractivity contribution >= 4 is 16.9 Å². The summed E-state index contributed by atoms with van der Waals surface area (Å²) < 4.78 is 0. The van der Waals surface area contributed by atoms with Crippen LogP contribution < -0.4 is 0 Å². The number of hydrogen-bond acceptors (Lipinski definition) is 3. The SMILES string of the molecule is CCCCC(C(=O)O)C(O)c1ccc2nc(C)ccc2c1. The number of pyridine rings is 1. The fraction of sp³-hybridized carbons (Fsp3) is 0.412. The summed E-state index contributed by atoms with van der Waals surface area (Å²) in [5.41, 5.74) is 2.42. The van der Waals surface area contributed by atoms with E-state index in [0.29, 0.717) is 12.0 Å². The van der Waals surface area contributed by atoms with Crippen LogP contribution in [0.3, 0.4) is 0 Å². The fourth-order valence-electron chi connectivity index (χ4n) is 2.50. The lowest BCUT2D eigenvalue weighted by molar-refractivity contribution is -0.146. The molecule has 0 saturated carbocycles. The lowest BCUT2D eigenvalue weighted by atomic mass is 9.90. The third kappa shape index (κ3) is 3.58. The van der Waals surface area contributed by atoms with Crippen molar-refractivity contribution < 1.29 is 15.0 Å². The molecule has 0 saturated heterocycles. The number of carbonyl (C=O) groups is 1. The minimum Gasteiger partial charge on any atom is -0.481 e. The fourth-order valence-corrected chi connectivity index (χ4v) is 2.50. The monoisotopic (exact) mass is 287 g/mol. The van der Waals surface area contributed by atoms with Gasteiger partial charge in [0.1, 0.15) is 0 Å². The molecule has 0 aliphatic heterocycles. The second kappa shape index (κ2) is 6.68. The van der Waals surface area contributed by atoms with E-state index in [1.807, 2.05) is 38.1 Å². The molecule has 0 aliphatic carbocycles. The van der Waals surface area contributed by atoms with E-state index in [4.69, 9.17) is 0 Å². The van der Waals surface area contributed by atoms with Crippen LogP contribution in [0.4, 0.5) is 0 Å². The van der Waals surface area contributed by atoms with Crippen LogP contribution in [0, 0.1) is 12.8 Å². The first-order chi connectivity index (χ1) is 10.0. The van der Waals surface area contributed by atoms with Crippen LogP contribution in [0.5, 0.6) is 0 Å². The van der Waals surface area contributed by atoms with E-state index in [-0.39, 0.29) is 0 Å². The zero-order chi connectivity index (χ0) is 15.4. The van der Waals surface area contributed by atoms with Gasteiger partial charge < -0.3 is 10.2 Å². The molecule has 21 heavy (non-hydrogen) atoms. The van der Waals surface area contributed by atoms with Crippen molar-refractivity contribution in [1.29, 1.82) is 0 Å². The van der Waals surface area contributed by atoms with Crippen LogP contribution in [0.1, 0.15) is 43.5 Å². The molecule has 1 aromatic heterocycles. The number of aliphatic carboxylic acids is 1. The van der Waals surface area contributed by atoms with Gasteiger partial charge in [0.2, 0.25) is 0 Å². The standard InChI is InChI=1S/C17H21NO3/c1-3-4-5-14(17(20)21)16(19)13-8-9-15-12(10-13)7-6-11(2)18-15/h6-10,14,16,19H,3-5H2,1-2H3,(H,20,21). The van der Waals surface area contributed by atoms with Crippen molar-refractivity contribution in [2.75, 3.05) is 0 Å². The summed E-state index contributed by atoms with van der Waals surface area (Å²) in [7, 11) is 0. The second-order valence-corrected chi connectivity index (χ2v) is 5.44. The van der Waals surface area contributed by atoms with Gasteiger partial charge in [0.25, 0.3) is 0 Å². The first-order valence-corrected chi connectivity index (χ1v) is 7.31. The van der Waals surface area contributed by atoms with Gasteiger partial charge in [-0.1, -0.05) is 31.9 Å². The number of fused-ring (bicyclic) bond motifs is 1. The number of benzene rings is 1. The molecule has 2 atom stereocenters. The number of rotatable bonds is 6. The lowest BCUT2D eigenvalue weighted by Crippen LogP contribution is -2.22. The molecule has 0 amide bonds. The third-order valence-corrected chi connectivity index (χ3v) is 3.76. The van der Waals surface area contributed by atoms with Gasteiger partial charge in [0, 0.05) is 11.1 Å². The topological polar surface area (TPSA) is 70.4 Å². The number of aliphatic hydroxyl groups excluding tert-OH is 1. The van der Waals surface area contributed by atoms with Gasteiger partial charge in [0.05, 0.1) is 17.5 Å². The minimum absolute atomic E-state index is 0.483. The summed E-state index contributed by atoms with van der Waals surface area (Å²) in [6, 6.07) is 9.27. The Bertz CT molecular complexity index is 639. The number of nitrogens with zero attached hydrogens (tertiary/aromatic N) is 1. The van der Waals surface area contributed by atoms with Crippen LogP contribution in [0.15, 0.2) is 30.3 Å². The van der Waals surface area contributed by atoms with Gasteiger partial charge >= 0.3 is 5.97 Å². The molecule has 4 nitrogen and oxygen atoms in total. The van der Waals surface area contributed by atoms with Crippen LogP contribution in [-0.4, -0.2) is 21.2 Å². The summed E-state index contributed by atoms with van der Waals surface area (Å²) in [5, 5.41) is 20.6. The molecule has 2 unspecified atom stereocenters. The lowest BCUT2D eigenvalue weighted by Gasteiger charge is -2.19. The molecule has 2 aromatic rings. The molecule has 0 fully saturated rings. The van der Waals surface area contributed by atoms with E-state index in [2.05, 4.69) is 4.98 Å². The molecule has 1 aromatic carbocycles. The molecule has 2 rings (SSSR count). The molecular weight excluding hydrogens is 266 g/mol. The largest absolute Gasteiger partial charge is 0.481 e. The molecule has 4 heteroatoms. The average Bonchev–Trinajstić information content (AvgIpc) is 2.46. The smallest absolute Gasteiger partial charge is 0.309 e. The molecule has 2 N–H and O–H groups in total. The molecule has 112 valence electrons. The number of aromatic nitrogens is 1. The Labute approximate surface area is 124 Å². The maximum atomic E-state index is 11.4. The van der Waals surface area contributed by atoms with Gasteiger partial charge in [-0.15, -0.1) is 0 Å². The Kier molecular flexibility index (Phi) is 4.91. The highest BCUT2D eigenvalue weighted by Crippen LogP contribution is 2.28. The van der Waals surface area contributed by atoms with E-state index in [0.717, 1.165) is 29.4 Å². The van der Waals surface area contributed by atoms with Crippen molar-refractivity contribution in [3.8, 4) is 0 Å². The van der Waals surface area contributed by atoms with Gasteiger partial charge in [-0.3, -0.25) is 9.78 Å². The Morgan fingerprint density at radius 1 is 1.29 bits per heavy atom. The van der Waals surface area contributed by atoms with Crippen molar-refractivity contribution in [1.82, 2.24) is 4.98 Å². The predicted octanol–water partition coefficient (Wildman–Crippen LogP) is 3.47. The Morgan fingerprint density at radius 2 is 2.05 bits per heavy atom. The van der Waals surface area contributed by atoms with Crippen LogP contribution in [0.25, 0.3) is 10.9 Å². The maximum absolute atomic E-state index is 11.4. The van der Waals surface area contributed by atoms with E-state index in [1.54, 1.807) is 6.07 Å². The van der Waals surface area contributed by atoms with Crippen molar-refractivity contribution in [2.45, 2.75) is 39.2 Å². The maximum Gasteiger partial charge on any atom is 0.309 e. The number of aryl methyl sites for hydroxylation is 1. The average molecular weight is 287 g/mol. The molecule has 1 heterocycles. The number of hydrogen-bond donors (Lipinski definition) is 2. The number of carboxylic acids is 1. The van der Waals surface area contributed by atoms with E-state index in [9.17, 15) is 15.0 Å². The van der Waals surface area contributed by atoms with E-state index in [1.165, 1.54) is 0 Å². The molecule has 0 radical (unpaired) electrons. The number of carboxylic acid groups (broad SMARTS) is 1. The summed E-state index contributed by atoms with van der Waals surface area (Å²) in [6.45, 7) is 3.93. The van der Waals surface area contributed by atoms with Crippen LogP contribution in [-0.2, 0) is 4.79 Å². The Morgan fingerprint density at radius 3 is 2.71 bits per heavy atom. The van der Waals surface area contributed by atoms with Gasteiger partial charge in [0.15, 0.2) is 0 Å². The van der Waals surface area contributed by atoms with Crippen LogP contribution >= 0.6 is 0 Å². The highest BCUT2D eigenvalue weighted by atomic mass is 16.4. The summed E-state index contributed by atoms with van der Waals surface area (Å²) >= 11 is 0. The summed E-state index contributed by atoms with van der Waals surface area (Å²) in [5.74, 6) is -1.71. The van der Waals surface area contributed by atoms with E-state index >= 15 is 0 Å². The van der Waals surface area contributed by atoms with Crippen molar-refractivity contribution in [2.24, 2.45) is 5.92 Å². The third-order valence-electron chi connectivity index (χ3n) is 3.76. The first-order valence-electron chi connectivity index (χ1n) is 7.31. The van der Waals surface area contributed by atoms with Crippen molar-refractivity contribution in [3.63, 3.8) is 0 Å².